The average Bonchev–Trinajstić information content (AvgIpc) is 2.68. The molecule has 1 aliphatic heterocycles. The molecule has 0 radical (unpaired) electrons. The lowest BCUT2D eigenvalue weighted by Gasteiger charge is -2.35. The second kappa shape index (κ2) is 9.60. The van der Waals surface area contributed by atoms with Gasteiger partial charge < -0.3 is 9.80 Å². The Hall–Kier alpha value is -1.81. The number of aromatic nitrogens is 1. The highest BCUT2D eigenvalue weighted by Gasteiger charge is 2.20. The molecule has 150 valence electrons. The van der Waals surface area contributed by atoms with Crippen LogP contribution >= 0.6 is 24.8 Å². The van der Waals surface area contributed by atoms with Gasteiger partial charge in [-0.05, 0) is 37.9 Å². The molecule has 5 heteroatoms. The van der Waals surface area contributed by atoms with Crippen LogP contribution in [0.1, 0.15) is 18.1 Å². The van der Waals surface area contributed by atoms with Crippen molar-refractivity contribution in [3.63, 3.8) is 0 Å². The molecule has 28 heavy (non-hydrogen) atoms. The zero-order valence-corrected chi connectivity index (χ0v) is 18.4. The molecule has 0 unspecified atom stereocenters. The normalized spacial score (nSPS) is 14.5. The van der Waals surface area contributed by atoms with Crippen LogP contribution in [0.25, 0.3) is 22.0 Å². The van der Waals surface area contributed by atoms with Gasteiger partial charge in [0.25, 0.3) is 0 Å². The molecule has 0 N–H and O–H groups in total. The van der Waals surface area contributed by atoms with Crippen LogP contribution in [-0.4, -0.2) is 42.6 Å². The number of pyridine rings is 1. The molecule has 1 fully saturated rings. The van der Waals surface area contributed by atoms with E-state index in [2.05, 4.69) is 79.1 Å². The van der Waals surface area contributed by atoms with Gasteiger partial charge in [-0.1, -0.05) is 54.4 Å². The fraction of sp³-hybridized carbons (Fsp3) is 0.348. The van der Waals surface area contributed by atoms with Gasteiger partial charge in [-0.25, -0.2) is 4.98 Å². The predicted octanol–water partition coefficient (Wildman–Crippen LogP) is 5.50. The highest BCUT2D eigenvalue weighted by atomic mass is 35.5. The van der Waals surface area contributed by atoms with E-state index in [4.69, 9.17) is 4.98 Å². The Kier molecular flexibility index (Phi) is 7.70. The van der Waals surface area contributed by atoms with Crippen molar-refractivity contribution in [3.8, 4) is 11.3 Å². The highest BCUT2D eigenvalue weighted by molar-refractivity contribution is 5.95. The lowest BCUT2D eigenvalue weighted by molar-refractivity contribution is 0.271. The van der Waals surface area contributed by atoms with Crippen molar-refractivity contribution >= 4 is 41.4 Å². The van der Waals surface area contributed by atoms with E-state index in [0.29, 0.717) is 0 Å². The molecule has 3 nitrogen and oxygen atoms in total. The van der Waals surface area contributed by atoms with Crippen LogP contribution in [0.2, 0.25) is 0 Å². The smallest absolute Gasteiger partial charge is 0.137 e. The van der Waals surface area contributed by atoms with Gasteiger partial charge in [-0.3, -0.25) is 0 Å². The summed E-state index contributed by atoms with van der Waals surface area (Å²) in [5.74, 6) is 1.14. The van der Waals surface area contributed by atoms with Crippen molar-refractivity contribution in [2.75, 3.05) is 37.6 Å². The van der Waals surface area contributed by atoms with Gasteiger partial charge in [-0.15, -0.1) is 24.8 Å². The van der Waals surface area contributed by atoms with Gasteiger partial charge in [0.1, 0.15) is 5.82 Å². The number of likely N-dealkylation sites (N-methyl/N-ethyl adjacent to an activating group) is 1. The summed E-state index contributed by atoms with van der Waals surface area (Å²) >= 11 is 0. The maximum Gasteiger partial charge on any atom is 0.137 e. The second-order valence-corrected chi connectivity index (χ2v) is 7.34. The average molecular weight is 418 g/mol. The fourth-order valence-electron chi connectivity index (χ4n) is 3.73. The van der Waals surface area contributed by atoms with Crippen LogP contribution in [0.5, 0.6) is 0 Å². The number of hydrogen-bond donors (Lipinski definition) is 0. The molecular weight excluding hydrogens is 389 g/mol. The van der Waals surface area contributed by atoms with E-state index in [9.17, 15) is 0 Å². The zero-order chi connectivity index (χ0) is 18.1. The Morgan fingerprint density at radius 1 is 0.821 bits per heavy atom. The van der Waals surface area contributed by atoms with Gasteiger partial charge in [0.15, 0.2) is 0 Å². The molecule has 1 saturated heterocycles. The molecule has 0 saturated carbocycles. The third kappa shape index (κ3) is 4.60. The molecule has 4 rings (SSSR count). The summed E-state index contributed by atoms with van der Waals surface area (Å²) in [5, 5.41) is 2.54. The molecule has 0 amide bonds. The molecule has 3 aromatic rings. The number of piperazine rings is 1. The van der Waals surface area contributed by atoms with Gasteiger partial charge in [0.2, 0.25) is 0 Å². The number of aryl methyl sites for hydroxylation is 2. The van der Waals surface area contributed by atoms with Crippen LogP contribution in [0, 0.1) is 13.8 Å². The van der Waals surface area contributed by atoms with Crippen LogP contribution in [0.15, 0.2) is 48.5 Å². The largest absolute Gasteiger partial charge is 0.354 e. The molecular formula is C23H29Cl2N3. The molecule has 0 spiro atoms. The number of nitrogens with zero attached hydrogens (tertiary/aromatic N) is 3. The third-order valence-corrected chi connectivity index (χ3v) is 5.43. The molecule has 0 atom stereocenters. The van der Waals surface area contributed by atoms with Crippen molar-refractivity contribution in [1.29, 1.82) is 0 Å². The van der Waals surface area contributed by atoms with Crippen molar-refractivity contribution in [1.82, 2.24) is 9.88 Å². The summed E-state index contributed by atoms with van der Waals surface area (Å²) in [6, 6.07) is 17.6. The molecule has 0 aliphatic carbocycles. The van der Waals surface area contributed by atoms with E-state index >= 15 is 0 Å². The van der Waals surface area contributed by atoms with Crippen molar-refractivity contribution in [2.45, 2.75) is 20.8 Å². The first-order valence-electron chi connectivity index (χ1n) is 9.60. The van der Waals surface area contributed by atoms with E-state index in [1.807, 2.05) is 0 Å². The van der Waals surface area contributed by atoms with Crippen molar-refractivity contribution < 1.29 is 0 Å². The Labute approximate surface area is 180 Å². The highest BCUT2D eigenvalue weighted by Crippen LogP contribution is 2.31. The quantitative estimate of drug-likeness (QED) is 0.560. The van der Waals surface area contributed by atoms with Crippen LogP contribution < -0.4 is 4.90 Å². The Bertz CT molecular complexity index is 917. The second-order valence-electron chi connectivity index (χ2n) is 7.34. The topological polar surface area (TPSA) is 19.4 Å². The van der Waals surface area contributed by atoms with Crippen molar-refractivity contribution in [2.24, 2.45) is 0 Å². The Morgan fingerprint density at radius 2 is 1.46 bits per heavy atom. The molecule has 1 aliphatic rings. The van der Waals surface area contributed by atoms with Gasteiger partial charge >= 0.3 is 0 Å². The van der Waals surface area contributed by atoms with E-state index in [-0.39, 0.29) is 24.8 Å². The summed E-state index contributed by atoms with van der Waals surface area (Å²) in [4.78, 5) is 10.1. The van der Waals surface area contributed by atoms with Crippen molar-refractivity contribution in [3.05, 3.63) is 59.7 Å². The lowest BCUT2D eigenvalue weighted by atomic mass is 10.0. The monoisotopic (exact) mass is 417 g/mol. The Balaban J connectivity index is 0.00000140. The number of fused-ring (bicyclic) bond motifs is 1. The van der Waals surface area contributed by atoms with Gasteiger partial charge in [-0.2, -0.15) is 0 Å². The molecule has 2 aromatic carbocycles. The third-order valence-electron chi connectivity index (χ3n) is 5.43. The number of halogens is 2. The first-order valence-corrected chi connectivity index (χ1v) is 9.60. The maximum atomic E-state index is 5.12. The molecule has 0 bridgehead atoms. The fourth-order valence-corrected chi connectivity index (χ4v) is 3.73. The van der Waals surface area contributed by atoms with Crippen LogP contribution in [0.4, 0.5) is 5.82 Å². The minimum atomic E-state index is 0. The van der Waals surface area contributed by atoms with Gasteiger partial charge in [0.05, 0.1) is 5.69 Å². The van der Waals surface area contributed by atoms with Crippen LogP contribution in [-0.2, 0) is 0 Å². The number of benzene rings is 2. The van der Waals surface area contributed by atoms with E-state index in [1.54, 1.807) is 0 Å². The first-order chi connectivity index (χ1) is 12.6. The summed E-state index contributed by atoms with van der Waals surface area (Å²) < 4.78 is 0. The minimum Gasteiger partial charge on any atom is -0.354 e. The minimum absolute atomic E-state index is 0. The summed E-state index contributed by atoms with van der Waals surface area (Å²) in [7, 11) is 0. The molecule has 2 heterocycles. The van der Waals surface area contributed by atoms with E-state index in [0.717, 1.165) is 44.2 Å². The lowest BCUT2D eigenvalue weighted by Crippen LogP contribution is -2.46. The first kappa shape index (κ1) is 22.5. The molecule has 1 aromatic heterocycles. The predicted molar refractivity (Wildman–Crippen MR) is 125 cm³/mol. The maximum absolute atomic E-state index is 5.12. The standard InChI is InChI=1S/C23H27N3.2ClH/c1-4-25-11-13-26(14-12-25)23-21-15-18(3)7-10-20(21)16-22(24-23)19-8-5-17(2)6-9-19;;/h5-10,15-16H,4,11-14H2,1-3H3;2*1H. The zero-order valence-electron chi connectivity index (χ0n) is 16.8. The summed E-state index contributed by atoms with van der Waals surface area (Å²) in [5.41, 5.74) is 4.82. The number of hydrogen-bond acceptors (Lipinski definition) is 3. The Morgan fingerprint density at radius 3 is 2.11 bits per heavy atom. The number of rotatable bonds is 3. The van der Waals surface area contributed by atoms with E-state index in [1.165, 1.54) is 27.5 Å². The summed E-state index contributed by atoms with van der Waals surface area (Å²) in [6.07, 6.45) is 0. The SMILES string of the molecule is CCN1CCN(c2nc(-c3ccc(C)cc3)cc3ccc(C)cc23)CC1.Cl.Cl. The van der Waals surface area contributed by atoms with Gasteiger partial charge in [0, 0.05) is 37.1 Å². The summed E-state index contributed by atoms with van der Waals surface area (Å²) in [6.45, 7) is 12.0. The number of anilines is 1. The van der Waals surface area contributed by atoms with Crippen LogP contribution in [0.3, 0.4) is 0 Å². The van der Waals surface area contributed by atoms with E-state index < -0.39 is 0 Å².